The van der Waals surface area contributed by atoms with E-state index in [2.05, 4.69) is 11.7 Å². The van der Waals surface area contributed by atoms with Crippen LogP contribution in [0.2, 0.25) is 0 Å². The van der Waals surface area contributed by atoms with Crippen LogP contribution < -0.4 is 5.56 Å². The first-order valence-electron chi connectivity index (χ1n) is 7.03. The minimum Gasteiger partial charge on any atom is -0.284 e. The van der Waals surface area contributed by atoms with Crippen LogP contribution in [-0.2, 0) is 0 Å². The number of benzene rings is 1. The summed E-state index contributed by atoms with van der Waals surface area (Å²) in [6.45, 7) is 4.64. The van der Waals surface area contributed by atoms with Gasteiger partial charge in [-0.2, -0.15) is 18.3 Å². The number of hydrogen-bond acceptors (Lipinski definition) is 3. The molecule has 0 aliphatic carbocycles. The van der Waals surface area contributed by atoms with Crippen molar-refractivity contribution < 1.29 is 13.2 Å². The molecule has 0 radical (unpaired) electrons. The quantitative estimate of drug-likeness (QED) is 0.631. The lowest BCUT2D eigenvalue weighted by atomic mass is 10.2. The van der Waals surface area contributed by atoms with Gasteiger partial charge in [-0.15, -0.1) is 0 Å². The summed E-state index contributed by atoms with van der Waals surface area (Å²) in [5, 5.41) is 4.53. The zero-order chi connectivity index (χ0) is 17.9. The molecule has 0 N–H and O–H groups in total. The smallest absolute Gasteiger partial charge is 0.284 e. The fourth-order valence-corrected chi connectivity index (χ4v) is 1.98. The minimum absolute atomic E-state index is 0.239. The van der Waals surface area contributed by atoms with Gasteiger partial charge in [-0.3, -0.25) is 14.4 Å². The van der Waals surface area contributed by atoms with Gasteiger partial charge in [-0.1, -0.05) is 24.8 Å². The highest BCUT2D eigenvalue weighted by Gasteiger charge is 2.32. The Morgan fingerprint density at radius 1 is 1.17 bits per heavy atom. The van der Waals surface area contributed by atoms with E-state index in [9.17, 15) is 18.0 Å². The molecule has 0 aliphatic heterocycles. The van der Waals surface area contributed by atoms with E-state index in [0.29, 0.717) is 11.3 Å². The predicted octanol–water partition coefficient (Wildman–Crippen LogP) is 3.68. The van der Waals surface area contributed by atoms with Gasteiger partial charge in [-0.25, -0.2) is 0 Å². The molecule has 1 aromatic heterocycles. The second-order valence-electron chi connectivity index (χ2n) is 5.12. The maximum Gasteiger partial charge on any atom is 0.430 e. The first kappa shape index (κ1) is 17.5. The summed E-state index contributed by atoms with van der Waals surface area (Å²) < 4.78 is 39.1. The van der Waals surface area contributed by atoms with Crippen molar-refractivity contribution in [1.82, 2.24) is 9.58 Å². The van der Waals surface area contributed by atoms with Crippen LogP contribution in [0.1, 0.15) is 12.5 Å². The summed E-state index contributed by atoms with van der Waals surface area (Å²) in [5.41, 5.74) is 0.135. The third kappa shape index (κ3) is 3.92. The minimum atomic E-state index is -4.50. The van der Waals surface area contributed by atoms with Crippen molar-refractivity contribution in [3.8, 4) is 5.69 Å². The second-order valence-corrected chi connectivity index (χ2v) is 5.12. The molecule has 0 unspecified atom stereocenters. The van der Waals surface area contributed by atoms with Crippen molar-refractivity contribution >= 4 is 11.4 Å². The van der Waals surface area contributed by atoms with Crippen molar-refractivity contribution in [3.05, 3.63) is 71.2 Å². The molecule has 0 amide bonds. The molecule has 1 aromatic carbocycles. The Balaban J connectivity index is 2.36. The molecular weight excluding hydrogens is 319 g/mol. The Kier molecular flexibility index (Phi) is 4.92. The maximum atomic E-state index is 12.6. The van der Waals surface area contributed by atoms with E-state index in [1.54, 1.807) is 24.3 Å². The number of hydrazone groups is 1. The van der Waals surface area contributed by atoms with E-state index in [0.717, 1.165) is 11.9 Å². The highest BCUT2D eigenvalue weighted by molar-refractivity contribution is 5.87. The first-order chi connectivity index (χ1) is 11.2. The van der Waals surface area contributed by atoms with Gasteiger partial charge in [0.1, 0.15) is 5.71 Å². The highest BCUT2D eigenvalue weighted by Crippen LogP contribution is 2.21. The number of halogens is 3. The van der Waals surface area contributed by atoms with Gasteiger partial charge in [0.05, 0.1) is 5.70 Å². The number of aromatic nitrogens is 1. The van der Waals surface area contributed by atoms with Gasteiger partial charge in [0.15, 0.2) is 0 Å². The summed E-state index contributed by atoms with van der Waals surface area (Å²) in [6, 6.07) is 11.7. The molecule has 0 saturated heterocycles. The fourth-order valence-electron chi connectivity index (χ4n) is 1.98. The van der Waals surface area contributed by atoms with Crippen molar-refractivity contribution in [3.63, 3.8) is 0 Å². The average molecular weight is 335 g/mol. The third-order valence-electron chi connectivity index (χ3n) is 3.38. The van der Waals surface area contributed by atoms with E-state index in [4.69, 9.17) is 0 Å². The molecular formula is C17H16F3N3O. The van der Waals surface area contributed by atoms with Gasteiger partial charge >= 0.3 is 6.18 Å². The topological polar surface area (TPSA) is 37.6 Å². The van der Waals surface area contributed by atoms with E-state index in [1.165, 1.54) is 29.9 Å². The number of pyridine rings is 1. The summed E-state index contributed by atoms with van der Waals surface area (Å²) in [4.78, 5) is 12.0. The summed E-state index contributed by atoms with van der Waals surface area (Å²) >= 11 is 0. The Labute approximate surface area is 137 Å². The molecule has 0 spiro atoms. The van der Waals surface area contributed by atoms with Crippen LogP contribution in [0.4, 0.5) is 13.2 Å². The third-order valence-corrected chi connectivity index (χ3v) is 3.38. The van der Waals surface area contributed by atoms with Crippen LogP contribution in [-0.4, -0.2) is 28.5 Å². The average Bonchev–Trinajstić information content (AvgIpc) is 2.54. The largest absolute Gasteiger partial charge is 0.430 e. The molecule has 0 aliphatic rings. The van der Waals surface area contributed by atoms with E-state index >= 15 is 0 Å². The van der Waals surface area contributed by atoms with Crippen LogP contribution in [0, 0.1) is 0 Å². The fraction of sp³-hybridized carbons (Fsp3) is 0.176. The molecule has 2 aromatic rings. The van der Waals surface area contributed by atoms with Crippen LogP contribution in [0.25, 0.3) is 11.4 Å². The molecule has 1 heterocycles. The predicted molar refractivity (Wildman–Crippen MR) is 88.0 cm³/mol. The van der Waals surface area contributed by atoms with Crippen LogP contribution in [0.15, 0.2) is 65.1 Å². The Morgan fingerprint density at radius 2 is 1.79 bits per heavy atom. The SMILES string of the molecule is C=C(c1ccc(=O)n(-c2ccccc2)c1)N(C)N=C(C)C(F)(F)F. The molecule has 126 valence electrons. The zero-order valence-electron chi connectivity index (χ0n) is 13.2. The molecule has 4 nitrogen and oxygen atoms in total. The summed E-state index contributed by atoms with van der Waals surface area (Å²) in [7, 11) is 1.37. The van der Waals surface area contributed by atoms with Gasteiger partial charge in [0.2, 0.25) is 0 Å². The monoisotopic (exact) mass is 335 g/mol. The standard InChI is InChI=1S/C17H16F3N3O/c1-12(22(3)21-13(2)17(18,19)20)14-9-10-16(24)23(11-14)15-7-5-4-6-8-15/h4-11H,1H2,2-3H3. The maximum absolute atomic E-state index is 12.6. The Morgan fingerprint density at radius 3 is 2.38 bits per heavy atom. The molecule has 0 bridgehead atoms. The number of hydrogen-bond donors (Lipinski definition) is 0. The van der Waals surface area contributed by atoms with Gasteiger partial charge in [0, 0.05) is 30.6 Å². The first-order valence-corrected chi connectivity index (χ1v) is 7.03. The van der Waals surface area contributed by atoms with Crippen molar-refractivity contribution in [2.24, 2.45) is 5.10 Å². The van der Waals surface area contributed by atoms with Crippen molar-refractivity contribution in [2.45, 2.75) is 13.1 Å². The Hall–Kier alpha value is -2.83. The van der Waals surface area contributed by atoms with E-state index in [1.807, 2.05) is 6.07 Å². The number of nitrogens with zero attached hydrogens (tertiary/aromatic N) is 3. The van der Waals surface area contributed by atoms with Crippen LogP contribution >= 0.6 is 0 Å². The summed E-state index contributed by atoms with van der Waals surface area (Å²) in [6.07, 6.45) is -2.98. The van der Waals surface area contributed by atoms with Crippen molar-refractivity contribution in [1.29, 1.82) is 0 Å². The van der Waals surface area contributed by atoms with E-state index in [-0.39, 0.29) is 11.3 Å². The van der Waals surface area contributed by atoms with Gasteiger partial charge in [-0.05, 0) is 25.1 Å². The molecule has 0 saturated carbocycles. The molecule has 7 heteroatoms. The lowest BCUT2D eigenvalue weighted by Crippen LogP contribution is -2.24. The molecule has 0 atom stereocenters. The lowest BCUT2D eigenvalue weighted by molar-refractivity contribution is -0.0601. The zero-order valence-corrected chi connectivity index (χ0v) is 13.2. The molecule has 0 fully saturated rings. The van der Waals surface area contributed by atoms with Crippen molar-refractivity contribution in [2.75, 3.05) is 7.05 Å². The Bertz CT molecular complexity index is 823. The second kappa shape index (κ2) is 6.74. The molecule has 24 heavy (non-hydrogen) atoms. The number of rotatable bonds is 4. The lowest BCUT2D eigenvalue weighted by Gasteiger charge is -2.19. The van der Waals surface area contributed by atoms with Gasteiger partial charge in [0.25, 0.3) is 5.56 Å². The van der Waals surface area contributed by atoms with Crippen LogP contribution in [0.3, 0.4) is 0 Å². The normalized spacial score (nSPS) is 12.1. The highest BCUT2D eigenvalue weighted by atomic mass is 19.4. The van der Waals surface area contributed by atoms with Crippen LogP contribution in [0.5, 0.6) is 0 Å². The van der Waals surface area contributed by atoms with E-state index < -0.39 is 11.9 Å². The number of alkyl halides is 3. The van der Waals surface area contributed by atoms with Gasteiger partial charge < -0.3 is 0 Å². The summed E-state index contributed by atoms with van der Waals surface area (Å²) in [5.74, 6) is 0. The number of para-hydroxylation sites is 1. The molecule has 2 rings (SSSR count).